The third kappa shape index (κ3) is 3.70. The highest BCUT2D eigenvalue weighted by Gasteiger charge is 2.32. The molecule has 1 atom stereocenters. The maximum atomic E-state index is 12.8. The topological polar surface area (TPSA) is 78.8 Å². The summed E-state index contributed by atoms with van der Waals surface area (Å²) in [4.78, 5) is 23.4. The minimum absolute atomic E-state index is 0.0235. The Bertz CT molecular complexity index is 1210. The zero-order valence-electron chi connectivity index (χ0n) is 18.3. The first-order chi connectivity index (χ1) is 14.9. The van der Waals surface area contributed by atoms with Crippen molar-refractivity contribution < 1.29 is 4.79 Å². The van der Waals surface area contributed by atoms with Gasteiger partial charge in [-0.25, -0.2) is 4.98 Å². The lowest BCUT2D eigenvalue weighted by Gasteiger charge is -2.37. The predicted molar refractivity (Wildman–Crippen MR) is 123 cm³/mol. The Morgan fingerprint density at radius 3 is 2.71 bits per heavy atom. The average molecular weight is 417 g/mol. The first-order valence-electron chi connectivity index (χ1n) is 10.9. The summed E-state index contributed by atoms with van der Waals surface area (Å²) < 4.78 is 1.81. The van der Waals surface area contributed by atoms with Crippen LogP contribution >= 0.6 is 0 Å². The fraction of sp³-hybridized carbons (Fsp3) is 0.375. The summed E-state index contributed by atoms with van der Waals surface area (Å²) in [5.74, 6) is 0.682. The number of aryl methyl sites for hydroxylation is 2. The highest BCUT2D eigenvalue weighted by Crippen LogP contribution is 2.31. The van der Waals surface area contributed by atoms with E-state index >= 15 is 0 Å². The Morgan fingerprint density at radius 2 is 2.03 bits per heavy atom. The van der Waals surface area contributed by atoms with Gasteiger partial charge in [0.25, 0.3) is 5.91 Å². The Balaban J connectivity index is 1.31. The number of hydrogen-bond acceptors (Lipinski definition) is 4. The molecule has 160 valence electrons. The zero-order chi connectivity index (χ0) is 21.6. The Labute approximate surface area is 181 Å². The van der Waals surface area contributed by atoms with Crippen LogP contribution in [-0.4, -0.2) is 49.2 Å². The molecule has 2 aliphatic rings. The van der Waals surface area contributed by atoms with Crippen LogP contribution in [0, 0.1) is 6.92 Å². The van der Waals surface area contributed by atoms with Crippen molar-refractivity contribution in [1.29, 1.82) is 0 Å². The second kappa shape index (κ2) is 7.50. The fourth-order valence-electron chi connectivity index (χ4n) is 4.60. The second-order valence-electron chi connectivity index (χ2n) is 8.81. The number of benzene rings is 1. The van der Waals surface area contributed by atoms with Crippen molar-refractivity contribution in [1.82, 2.24) is 24.6 Å². The lowest BCUT2D eigenvalue weighted by atomic mass is 9.88. The average Bonchev–Trinajstić information content (AvgIpc) is 3.48. The molecule has 3 aromatic rings. The van der Waals surface area contributed by atoms with Crippen LogP contribution in [0.4, 0.5) is 5.69 Å². The SMILES string of the molecule is Cc1cc(-c2nc3ccc(NC(=O)C4=CCC(C)(N5CCCC5)C=C4)cc3[nH]2)n(C)n1. The molecule has 0 saturated carbocycles. The molecule has 1 aliphatic heterocycles. The van der Waals surface area contributed by atoms with Crippen LogP contribution in [0.1, 0.15) is 31.9 Å². The molecule has 2 N–H and O–H groups in total. The number of rotatable bonds is 4. The van der Waals surface area contributed by atoms with Gasteiger partial charge in [0.2, 0.25) is 0 Å². The summed E-state index contributed by atoms with van der Waals surface area (Å²) in [5, 5.41) is 7.41. The maximum absolute atomic E-state index is 12.8. The van der Waals surface area contributed by atoms with Gasteiger partial charge in [0.1, 0.15) is 5.69 Å². The van der Waals surface area contributed by atoms with Gasteiger partial charge in [0.05, 0.1) is 16.7 Å². The molecule has 0 bridgehead atoms. The molecule has 1 aliphatic carbocycles. The van der Waals surface area contributed by atoms with E-state index in [1.54, 1.807) is 0 Å². The molecule has 31 heavy (non-hydrogen) atoms. The molecule has 1 aromatic carbocycles. The van der Waals surface area contributed by atoms with E-state index in [4.69, 9.17) is 0 Å². The van der Waals surface area contributed by atoms with Crippen molar-refractivity contribution in [3.63, 3.8) is 0 Å². The standard InChI is InChI=1S/C24H28N6O/c1-16-14-21(29(3)28-16)22-26-19-7-6-18(15-20(19)27-22)25-23(31)17-8-10-24(2,11-9-17)30-12-4-5-13-30/h6-10,14-15H,4-5,11-13H2,1-3H3,(H,25,31)(H,26,27). The van der Waals surface area contributed by atoms with E-state index in [1.807, 2.05) is 49.0 Å². The lowest BCUT2D eigenvalue weighted by Crippen LogP contribution is -2.43. The summed E-state index contributed by atoms with van der Waals surface area (Å²) >= 11 is 0. The van der Waals surface area contributed by atoms with Crippen molar-refractivity contribution >= 4 is 22.6 Å². The first-order valence-corrected chi connectivity index (χ1v) is 10.9. The van der Waals surface area contributed by atoms with Gasteiger partial charge in [0.15, 0.2) is 5.82 Å². The van der Waals surface area contributed by atoms with Gasteiger partial charge in [-0.05, 0) is 70.5 Å². The summed E-state index contributed by atoms with van der Waals surface area (Å²) in [5.41, 5.74) is 5.09. The summed E-state index contributed by atoms with van der Waals surface area (Å²) in [6, 6.07) is 7.73. The molecule has 7 heteroatoms. The number of fused-ring (bicyclic) bond motifs is 1. The van der Waals surface area contributed by atoms with E-state index in [9.17, 15) is 4.79 Å². The van der Waals surface area contributed by atoms with Crippen LogP contribution < -0.4 is 5.32 Å². The third-order valence-electron chi connectivity index (χ3n) is 6.43. The number of H-pyrrole nitrogens is 1. The highest BCUT2D eigenvalue weighted by atomic mass is 16.1. The molecular weight excluding hydrogens is 388 g/mol. The van der Waals surface area contributed by atoms with Gasteiger partial charge in [-0.2, -0.15) is 5.10 Å². The smallest absolute Gasteiger partial charge is 0.255 e. The fourth-order valence-corrected chi connectivity index (χ4v) is 4.60. The predicted octanol–water partition coefficient (Wildman–Crippen LogP) is 3.95. The third-order valence-corrected chi connectivity index (χ3v) is 6.43. The van der Waals surface area contributed by atoms with Gasteiger partial charge in [-0.3, -0.25) is 14.4 Å². The molecule has 1 amide bonds. The molecular formula is C24H28N6O. The van der Waals surface area contributed by atoms with Crippen LogP contribution in [0.2, 0.25) is 0 Å². The first kappa shape index (κ1) is 19.8. The van der Waals surface area contributed by atoms with E-state index in [1.165, 1.54) is 12.8 Å². The van der Waals surface area contributed by atoms with Gasteiger partial charge in [-0.1, -0.05) is 18.2 Å². The normalized spacial score (nSPS) is 21.6. The molecule has 3 heterocycles. The number of hydrogen-bond donors (Lipinski definition) is 2. The summed E-state index contributed by atoms with van der Waals surface area (Å²) in [7, 11) is 1.90. The number of likely N-dealkylation sites (tertiary alicyclic amines) is 1. The monoisotopic (exact) mass is 416 g/mol. The molecule has 0 radical (unpaired) electrons. The number of imidazole rings is 1. The summed E-state index contributed by atoms with van der Waals surface area (Å²) in [6.07, 6.45) is 9.60. The minimum atomic E-state index is -0.0823. The molecule has 1 fully saturated rings. The Kier molecular flexibility index (Phi) is 4.78. The van der Waals surface area contributed by atoms with Crippen molar-refractivity contribution in [2.24, 2.45) is 7.05 Å². The van der Waals surface area contributed by atoms with Crippen molar-refractivity contribution in [2.45, 2.75) is 38.6 Å². The highest BCUT2D eigenvalue weighted by molar-refractivity contribution is 6.06. The largest absolute Gasteiger partial charge is 0.337 e. The van der Waals surface area contributed by atoms with E-state index < -0.39 is 0 Å². The number of aromatic nitrogens is 4. The number of amides is 1. The van der Waals surface area contributed by atoms with E-state index in [0.717, 1.165) is 53.4 Å². The van der Waals surface area contributed by atoms with Crippen molar-refractivity contribution in [3.8, 4) is 11.5 Å². The second-order valence-corrected chi connectivity index (χ2v) is 8.81. The molecule has 2 aromatic heterocycles. The number of aromatic amines is 1. The van der Waals surface area contributed by atoms with Crippen molar-refractivity contribution in [2.75, 3.05) is 18.4 Å². The molecule has 1 unspecified atom stereocenters. The van der Waals surface area contributed by atoms with Gasteiger partial charge in [0, 0.05) is 23.8 Å². The van der Waals surface area contributed by atoms with E-state index in [-0.39, 0.29) is 11.4 Å². The van der Waals surface area contributed by atoms with Crippen LogP contribution in [-0.2, 0) is 11.8 Å². The van der Waals surface area contributed by atoms with Crippen LogP contribution in [0.3, 0.4) is 0 Å². The molecule has 5 rings (SSSR count). The molecule has 7 nitrogen and oxygen atoms in total. The van der Waals surface area contributed by atoms with E-state index in [0.29, 0.717) is 5.57 Å². The quantitative estimate of drug-likeness (QED) is 0.675. The Morgan fingerprint density at radius 1 is 1.23 bits per heavy atom. The van der Waals surface area contributed by atoms with Crippen molar-refractivity contribution in [3.05, 3.63) is 53.8 Å². The number of anilines is 1. The van der Waals surface area contributed by atoms with Crippen LogP contribution in [0.25, 0.3) is 22.6 Å². The molecule has 1 saturated heterocycles. The van der Waals surface area contributed by atoms with Gasteiger partial charge >= 0.3 is 0 Å². The van der Waals surface area contributed by atoms with E-state index in [2.05, 4.69) is 44.4 Å². The van der Waals surface area contributed by atoms with Crippen LogP contribution in [0.5, 0.6) is 0 Å². The summed E-state index contributed by atoms with van der Waals surface area (Å²) in [6.45, 7) is 6.50. The number of carbonyl (C=O) groups excluding carboxylic acids is 1. The van der Waals surface area contributed by atoms with Gasteiger partial charge in [-0.15, -0.1) is 0 Å². The van der Waals surface area contributed by atoms with Crippen LogP contribution in [0.15, 0.2) is 48.1 Å². The minimum Gasteiger partial charge on any atom is -0.337 e. The lowest BCUT2D eigenvalue weighted by molar-refractivity contribution is -0.112. The Hall–Kier alpha value is -3.19. The van der Waals surface area contributed by atoms with Gasteiger partial charge < -0.3 is 10.3 Å². The molecule has 0 spiro atoms. The number of nitrogens with one attached hydrogen (secondary N) is 2. The number of carbonyl (C=O) groups is 1. The number of nitrogens with zero attached hydrogens (tertiary/aromatic N) is 4. The zero-order valence-corrected chi connectivity index (χ0v) is 18.3. The maximum Gasteiger partial charge on any atom is 0.255 e.